The molecular formula is C13H17N3O4. The minimum absolute atomic E-state index is 0.0411. The Morgan fingerprint density at radius 1 is 1.30 bits per heavy atom. The van der Waals surface area contributed by atoms with Gasteiger partial charge in [0.25, 0.3) is 0 Å². The summed E-state index contributed by atoms with van der Waals surface area (Å²) in [6.07, 6.45) is 1.36. The number of ether oxygens (including phenoxy) is 1. The fourth-order valence-electron chi connectivity index (χ4n) is 1.88. The van der Waals surface area contributed by atoms with E-state index in [0.717, 1.165) is 18.9 Å². The van der Waals surface area contributed by atoms with Gasteiger partial charge in [-0.25, -0.2) is 4.98 Å². The normalized spacial score (nSPS) is 14.9. The van der Waals surface area contributed by atoms with Gasteiger partial charge < -0.3 is 20.1 Å². The number of pyridine rings is 1. The molecule has 0 bridgehead atoms. The molecule has 1 fully saturated rings. The highest BCUT2D eigenvalue weighted by Gasteiger charge is 2.12. The lowest BCUT2D eigenvalue weighted by atomic mass is 10.3. The highest BCUT2D eigenvalue weighted by atomic mass is 16.5. The van der Waals surface area contributed by atoms with Crippen molar-refractivity contribution in [2.45, 2.75) is 12.8 Å². The first-order chi connectivity index (χ1) is 9.65. The van der Waals surface area contributed by atoms with Crippen LogP contribution in [0.3, 0.4) is 0 Å². The molecule has 2 rings (SSSR count). The molecule has 0 atom stereocenters. The number of carbonyl (C=O) groups excluding carboxylic acids is 1. The summed E-state index contributed by atoms with van der Waals surface area (Å²) in [7, 11) is 0. The third-order valence-corrected chi connectivity index (χ3v) is 2.93. The number of amides is 1. The van der Waals surface area contributed by atoms with E-state index in [4.69, 9.17) is 9.84 Å². The number of aliphatic carboxylic acids is 1. The number of aromatic nitrogens is 1. The Kier molecular flexibility index (Phi) is 4.89. The molecule has 7 heteroatoms. The van der Waals surface area contributed by atoms with Gasteiger partial charge in [-0.2, -0.15) is 0 Å². The predicted octanol–water partition coefficient (Wildman–Crippen LogP) is 0.721. The van der Waals surface area contributed by atoms with Crippen LogP contribution in [-0.2, 0) is 14.3 Å². The zero-order valence-corrected chi connectivity index (χ0v) is 11.0. The van der Waals surface area contributed by atoms with Gasteiger partial charge in [0.2, 0.25) is 5.91 Å². The van der Waals surface area contributed by atoms with Gasteiger partial charge in [-0.1, -0.05) is 0 Å². The molecule has 0 aliphatic carbocycles. The molecule has 2 heterocycles. The molecule has 0 unspecified atom stereocenters. The van der Waals surface area contributed by atoms with E-state index >= 15 is 0 Å². The summed E-state index contributed by atoms with van der Waals surface area (Å²) in [5.41, 5.74) is 0.567. The van der Waals surface area contributed by atoms with Crippen LogP contribution in [0, 0.1) is 0 Å². The van der Waals surface area contributed by atoms with Crippen molar-refractivity contribution < 1.29 is 19.4 Å². The number of morpholine rings is 1. The third kappa shape index (κ3) is 4.20. The quantitative estimate of drug-likeness (QED) is 0.825. The first-order valence-electron chi connectivity index (χ1n) is 6.45. The number of nitrogens with zero attached hydrogens (tertiary/aromatic N) is 2. The number of anilines is 2. The van der Waals surface area contributed by atoms with Gasteiger partial charge in [-0.05, 0) is 12.1 Å². The number of rotatable bonds is 5. The molecule has 1 aliphatic heterocycles. The highest BCUT2D eigenvalue weighted by Crippen LogP contribution is 2.15. The van der Waals surface area contributed by atoms with E-state index < -0.39 is 5.97 Å². The number of nitrogens with one attached hydrogen (secondary N) is 1. The molecule has 0 saturated carbocycles. The molecule has 0 radical (unpaired) electrons. The fourth-order valence-corrected chi connectivity index (χ4v) is 1.88. The summed E-state index contributed by atoms with van der Waals surface area (Å²) in [4.78, 5) is 28.2. The Bertz CT molecular complexity index is 469. The molecule has 2 N–H and O–H groups in total. The molecule has 7 nitrogen and oxygen atoms in total. The Balaban J connectivity index is 1.87. The second kappa shape index (κ2) is 6.85. The summed E-state index contributed by atoms with van der Waals surface area (Å²) in [5.74, 6) is -0.467. The van der Waals surface area contributed by atoms with Crippen molar-refractivity contribution in [1.82, 2.24) is 4.98 Å². The van der Waals surface area contributed by atoms with Crippen LogP contribution in [0.25, 0.3) is 0 Å². The molecule has 0 aromatic carbocycles. The average molecular weight is 279 g/mol. The summed E-state index contributed by atoms with van der Waals surface area (Å²) < 4.78 is 5.27. The van der Waals surface area contributed by atoms with E-state index in [1.807, 2.05) is 6.07 Å². The van der Waals surface area contributed by atoms with Crippen molar-refractivity contribution in [3.8, 4) is 0 Å². The van der Waals surface area contributed by atoms with Gasteiger partial charge in [0, 0.05) is 19.5 Å². The van der Waals surface area contributed by atoms with Gasteiger partial charge in [0.1, 0.15) is 5.82 Å². The zero-order valence-electron chi connectivity index (χ0n) is 11.0. The molecule has 1 saturated heterocycles. The second-order valence-corrected chi connectivity index (χ2v) is 4.45. The Labute approximate surface area is 116 Å². The van der Waals surface area contributed by atoms with Crippen molar-refractivity contribution in [3.05, 3.63) is 18.3 Å². The monoisotopic (exact) mass is 279 g/mol. The van der Waals surface area contributed by atoms with E-state index in [1.54, 1.807) is 12.3 Å². The van der Waals surface area contributed by atoms with Crippen molar-refractivity contribution >= 4 is 23.4 Å². The number of carboxylic acids is 1. The van der Waals surface area contributed by atoms with E-state index in [9.17, 15) is 9.59 Å². The van der Waals surface area contributed by atoms with Crippen LogP contribution in [0.4, 0.5) is 11.5 Å². The first-order valence-corrected chi connectivity index (χ1v) is 6.45. The van der Waals surface area contributed by atoms with Crippen molar-refractivity contribution in [3.63, 3.8) is 0 Å². The first kappa shape index (κ1) is 14.3. The lowest BCUT2D eigenvalue weighted by molar-refractivity contribution is -0.138. The minimum Gasteiger partial charge on any atom is -0.481 e. The molecule has 108 valence electrons. The number of hydrogen-bond donors (Lipinski definition) is 2. The largest absolute Gasteiger partial charge is 0.481 e. The summed E-state index contributed by atoms with van der Waals surface area (Å²) in [6, 6.07) is 3.59. The van der Waals surface area contributed by atoms with Crippen LogP contribution in [-0.4, -0.2) is 48.3 Å². The minimum atomic E-state index is -0.985. The zero-order chi connectivity index (χ0) is 14.4. The van der Waals surface area contributed by atoms with E-state index in [-0.39, 0.29) is 18.7 Å². The van der Waals surface area contributed by atoms with Gasteiger partial charge >= 0.3 is 5.97 Å². The summed E-state index contributed by atoms with van der Waals surface area (Å²) in [5, 5.41) is 11.1. The van der Waals surface area contributed by atoms with Crippen LogP contribution in [0.15, 0.2) is 18.3 Å². The maximum atomic E-state index is 11.5. The molecule has 1 aromatic heterocycles. The predicted molar refractivity (Wildman–Crippen MR) is 72.8 cm³/mol. The van der Waals surface area contributed by atoms with Crippen molar-refractivity contribution in [2.24, 2.45) is 0 Å². The van der Waals surface area contributed by atoms with E-state index in [1.165, 1.54) is 0 Å². The van der Waals surface area contributed by atoms with Crippen LogP contribution in [0.5, 0.6) is 0 Å². The SMILES string of the molecule is O=C(O)CCC(=O)Nc1ccc(N2CCOCC2)nc1. The Hall–Kier alpha value is -2.15. The number of carbonyl (C=O) groups is 2. The third-order valence-electron chi connectivity index (χ3n) is 2.93. The van der Waals surface area contributed by atoms with Crippen LogP contribution < -0.4 is 10.2 Å². The maximum absolute atomic E-state index is 11.5. The van der Waals surface area contributed by atoms with Crippen molar-refractivity contribution in [1.29, 1.82) is 0 Å². The highest BCUT2D eigenvalue weighted by molar-refractivity contribution is 5.92. The van der Waals surface area contributed by atoms with Crippen molar-refractivity contribution in [2.75, 3.05) is 36.5 Å². The topological polar surface area (TPSA) is 91.8 Å². The number of carboxylic acid groups (broad SMARTS) is 1. The lowest BCUT2D eigenvalue weighted by Gasteiger charge is -2.27. The smallest absolute Gasteiger partial charge is 0.303 e. The standard InChI is InChI=1S/C13H17N3O4/c17-12(3-4-13(18)19)15-10-1-2-11(14-9-10)16-5-7-20-8-6-16/h1-2,9H,3-8H2,(H,15,17)(H,18,19). The molecular weight excluding hydrogens is 262 g/mol. The molecule has 1 amide bonds. The average Bonchev–Trinajstić information content (AvgIpc) is 2.47. The molecule has 1 aromatic rings. The van der Waals surface area contributed by atoms with Crippen LogP contribution >= 0.6 is 0 Å². The molecule has 20 heavy (non-hydrogen) atoms. The van der Waals surface area contributed by atoms with Gasteiger partial charge in [0.15, 0.2) is 0 Å². The Morgan fingerprint density at radius 3 is 2.65 bits per heavy atom. The fraction of sp³-hybridized carbons (Fsp3) is 0.462. The van der Waals surface area contributed by atoms with E-state index in [0.29, 0.717) is 18.9 Å². The van der Waals surface area contributed by atoms with Gasteiger partial charge in [-0.3, -0.25) is 9.59 Å². The molecule has 0 spiro atoms. The van der Waals surface area contributed by atoms with E-state index in [2.05, 4.69) is 15.2 Å². The molecule has 1 aliphatic rings. The van der Waals surface area contributed by atoms with Gasteiger partial charge in [-0.15, -0.1) is 0 Å². The summed E-state index contributed by atoms with van der Waals surface area (Å²) >= 11 is 0. The van der Waals surface area contributed by atoms with Crippen LogP contribution in [0.1, 0.15) is 12.8 Å². The number of hydrogen-bond acceptors (Lipinski definition) is 5. The van der Waals surface area contributed by atoms with Gasteiger partial charge in [0.05, 0.1) is 31.5 Å². The lowest BCUT2D eigenvalue weighted by Crippen LogP contribution is -2.36. The maximum Gasteiger partial charge on any atom is 0.303 e. The second-order valence-electron chi connectivity index (χ2n) is 4.45. The van der Waals surface area contributed by atoms with Crippen LogP contribution in [0.2, 0.25) is 0 Å². The summed E-state index contributed by atoms with van der Waals surface area (Å²) in [6.45, 7) is 2.99. The Morgan fingerprint density at radius 2 is 2.05 bits per heavy atom.